The molecule has 1 atom stereocenters. The second-order valence-corrected chi connectivity index (χ2v) is 7.68. The molecule has 3 rings (SSSR count). The molecule has 1 aromatic carbocycles. The number of ether oxygens (including phenoxy) is 1. The van der Waals surface area contributed by atoms with Gasteiger partial charge in [0.2, 0.25) is 0 Å². The van der Waals surface area contributed by atoms with E-state index in [9.17, 15) is 22.4 Å². The molecule has 0 spiro atoms. The SMILES string of the molecule is C=CCc1c(F)c(F)c(COC(=O)C(c2cnc(C3CC3)nc2)C(C)C)c(F)c1F. The van der Waals surface area contributed by atoms with Gasteiger partial charge in [0, 0.05) is 29.4 Å². The zero-order chi connectivity index (χ0) is 22.0. The van der Waals surface area contributed by atoms with Gasteiger partial charge in [0.05, 0.1) is 11.5 Å². The Balaban J connectivity index is 1.79. The minimum atomic E-state index is -1.59. The highest BCUT2D eigenvalue weighted by atomic mass is 19.2. The predicted molar refractivity (Wildman–Crippen MR) is 102 cm³/mol. The van der Waals surface area contributed by atoms with Crippen molar-refractivity contribution in [2.24, 2.45) is 5.92 Å². The molecule has 1 unspecified atom stereocenters. The summed E-state index contributed by atoms with van der Waals surface area (Å²) in [5.41, 5.74) is -1.24. The van der Waals surface area contributed by atoms with E-state index in [1.807, 2.05) is 0 Å². The first-order valence-corrected chi connectivity index (χ1v) is 9.69. The number of hydrogen-bond acceptors (Lipinski definition) is 4. The molecule has 8 heteroatoms. The molecule has 1 aromatic heterocycles. The number of esters is 1. The standard InChI is InChI=1S/C22H22F4N2O2/c1-4-5-14-17(23)19(25)15(20(26)18(14)24)10-30-22(29)16(11(2)3)13-8-27-21(28-9-13)12-6-7-12/h4,8-9,11-12,16H,1,5-7,10H2,2-3H3. The Morgan fingerprint density at radius 2 is 1.63 bits per heavy atom. The lowest BCUT2D eigenvalue weighted by atomic mass is 9.90. The molecule has 30 heavy (non-hydrogen) atoms. The maximum atomic E-state index is 14.3. The third kappa shape index (κ3) is 4.37. The average molecular weight is 422 g/mol. The minimum Gasteiger partial charge on any atom is -0.460 e. The van der Waals surface area contributed by atoms with Crippen LogP contribution in [0, 0.1) is 29.2 Å². The quantitative estimate of drug-likeness (QED) is 0.256. The van der Waals surface area contributed by atoms with Gasteiger partial charge in [-0.15, -0.1) is 6.58 Å². The van der Waals surface area contributed by atoms with Crippen molar-refractivity contribution in [3.8, 4) is 0 Å². The maximum absolute atomic E-state index is 14.3. The van der Waals surface area contributed by atoms with E-state index in [0.717, 1.165) is 18.9 Å². The number of hydrogen-bond donors (Lipinski definition) is 0. The van der Waals surface area contributed by atoms with Gasteiger partial charge in [0.15, 0.2) is 23.3 Å². The number of allylic oxidation sites excluding steroid dienone is 1. The first kappa shape index (κ1) is 21.9. The summed E-state index contributed by atoms with van der Waals surface area (Å²) in [6.07, 6.45) is 5.89. The predicted octanol–water partition coefficient (Wildman–Crippen LogP) is 5.12. The normalized spacial score (nSPS) is 14.6. The van der Waals surface area contributed by atoms with Crippen LogP contribution < -0.4 is 0 Å². The van der Waals surface area contributed by atoms with Gasteiger partial charge in [0.1, 0.15) is 12.4 Å². The molecule has 2 aromatic rings. The molecule has 1 saturated carbocycles. The van der Waals surface area contributed by atoms with Gasteiger partial charge in [0.25, 0.3) is 0 Å². The largest absolute Gasteiger partial charge is 0.460 e. The molecule has 160 valence electrons. The summed E-state index contributed by atoms with van der Waals surface area (Å²) < 4.78 is 61.7. The fraction of sp³-hybridized carbons (Fsp3) is 0.409. The molecule has 0 radical (unpaired) electrons. The summed E-state index contributed by atoms with van der Waals surface area (Å²) in [7, 11) is 0. The number of halogens is 4. The Morgan fingerprint density at radius 3 is 2.10 bits per heavy atom. The summed E-state index contributed by atoms with van der Waals surface area (Å²) in [6.45, 7) is 5.90. The summed E-state index contributed by atoms with van der Waals surface area (Å²) in [5, 5.41) is 0. The number of nitrogens with zero attached hydrogens (tertiary/aromatic N) is 2. The van der Waals surface area contributed by atoms with E-state index in [4.69, 9.17) is 4.74 Å². The van der Waals surface area contributed by atoms with Crippen LogP contribution in [0.2, 0.25) is 0 Å². The summed E-state index contributed by atoms with van der Waals surface area (Å²) >= 11 is 0. The van der Waals surface area contributed by atoms with E-state index in [-0.39, 0.29) is 12.3 Å². The zero-order valence-corrected chi connectivity index (χ0v) is 16.7. The van der Waals surface area contributed by atoms with Crippen molar-refractivity contribution < 1.29 is 27.1 Å². The first-order chi connectivity index (χ1) is 14.3. The smallest absolute Gasteiger partial charge is 0.314 e. The molecule has 0 amide bonds. The fourth-order valence-electron chi connectivity index (χ4n) is 3.26. The molecular formula is C22H22F4N2O2. The van der Waals surface area contributed by atoms with E-state index in [1.165, 1.54) is 12.4 Å². The molecular weight excluding hydrogens is 400 g/mol. The maximum Gasteiger partial charge on any atom is 0.314 e. The number of carbonyl (C=O) groups excluding carboxylic acids is 1. The molecule has 0 saturated heterocycles. The first-order valence-electron chi connectivity index (χ1n) is 9.69. The number of aromatic nitrogens is 2. The van der Waals surface area contributed by atoms with Gasteiger partial charge in [-0.25, -0.2) is 27.5 Å². The van der Waals surface area contributed by atoms with E-state index in [1.54, 1.807) is 13.8 Å². The molecule has 1 fully saturated rings. The van der Waals surface area contributed by atoms with Crippen molar-refractivity contribution in [2.75, 3.05) is 0 Å². The highest BCUT2D eigenvalue weighted by Gasteiger charge is 2.31. The van der Waals surface area contributed by atoms with Gasteiger partial charge < -0.3 is 4.74 Å². The van der Waals surface area contributed by atoms with Crippen LogP contribution in [0.3, 0.4) is 0 Å². The van der Waals surface area contributed by atoms with Crippen LogP contribution in [0.25, 0.3) is 0 Å². The molecule has 4 nitrogen and oxygen atoms in total. The van der Waals surface area contributed by atoms with Crippen LogP contribution in [-0.4, -0.2) is 15.9 Å². The third-order valence-corrected chi connectivity index (χ3v) is 5.07. The van der Waals surface area contributed by atoms with E-state index in [2.05, 4.69) is 16.5 Å². The second kappa shape index (κ2) is 8.93. The average Bonchev–Trinajstić information content (AvgIpc) is 3.55. The minimum absolute atomic E-state index is 0.231. The number of benzene rings is 1. The van der Waals surface area contributed by atoms with Gasteiger partial charge >= 0.3 is 5.97 Å². The van der Waals surface area contributed by atoms with Gasteiger partial charge in [-0.2, -0.15) is 0 Å². The zero-order valence-electron chi connectivity index (χ0n) is 16.7. The summed E-state index contributed by atoms with van der Waals surface area (Å²) in [4.78, 5) is 21.2. The third-order valence-electron chi connectivity index (χ3n) is 5.07. The van der Waals surface area contributed by atoms with E-state index < -0.39 is 52.9 Å². The monoisotopic (exact) mass is 422 g/mol. The molecule has 1 aliphatic rings. The topological polar surface area (TPSA) is 52.1 Å². The van der Waals surface area contributed by atoms with Crippen molar-refractivity contribution in [1.82, 2.24) is 9.97 Å². The molecule has 0 N–H and O–H groups in total. The Bertz CT molecular complexity index is 928. The second-order valence-electron chi connectivity index (χ2n) is 7.68. The molecule has 1 aliphatic carbocycles. The van der Waals surface area contributed by atoms with Gasteiger partial charge in [-0.3, -0.25) is 4.79 Å². The van der Waals surface area contributed by atoms with E-state index >= 15 is 0 Å². The number of rotatable bonds is 8. The molecule has 1 heterocycles. The fourth-order valence-corrected chi connectivity index (χ4v) is 3.26. The van der Waals surface area contributed by atoms with Crippen molar-refractivity contribution >= 4 is 5.97 Å². The van der Waals surface area contributed by atoms with Crippen LogP contribution >= 0.6 is 0 Å². The lowest BCUT2D eigenvalue weighted by Crippen LogP contribution is -2.22. The van der Waals surface area contributed by atoms with Crippen LogP contribution in [0.15, 0.2) is 25.0 Å². The summed E-state index contributed by atoms with van der Waals surface area (Å²) in [5.74, 6) is -6.97. The summed E-state index contributed by atoms with van der Waals surface area (Å²) in [6, 6.07) is 0. The van der Waals surface area contributed by atoms with Gasteiger partial charge in [-0.05, 0) is 25.2 Å². The van der Waals surface area contributed by atoms with Crippen LogP contribution in [0.4, 0.5) is 17.6 Å². The Kier molecular flexibility index (Phi) is 6.53. The van der Waals surface area contributed by atoms with Crippen molar-refractivity contribution in [3.05, 3.63) is 70.8 Å². The lowest BCUT2D eigenvalue weighted by molar-refractivity contribution is -0.148. The van der Waals surface area contributed by atoms with Crippen molar-refractivity contribution in [3.63, 3.8) is 0 Å². The van der Waals surface area contributed by atoms with Crippen LogP contribution in [0.1, 0.15) is 61.0 Å². The van der Waals surface area contributed by atoms with Crippen molar-refractivity contribution in [1.29, 1.82) is 0 Å². The van der Waals surface area contributed by atoms with Crippen molar-refractivity contribution in [2.45, 2.75) is 51.6 Å². The highest BCUT2D eigenvalue weighted by Crippen LogP contribution is 2.38. The highest BCUT2D eigenvalue weighted by molar-refractivity contribution is 5.78. The number of carbonyl (C=O) groups is 1. The Morgan fingerprint density at radius 1 is 1.10 bits per heavy atom. The molecule has 0 bridgehead atoms. The Hall–Kier alpha value is -2.77. The Labute approximate surface area is 172 Å². The molecule has 0 aliphatic heterocycles. The van der Waals surface area contributed by atoms with Gasteiger partial charge in [-0.1, -0.05) is 19.9 Å². The lowest BCUT2D eigenvalue weighted by Gasteiger charge is -2.20. The van der Waals surface area contributed by atoms with Crippen LogP contribution in [0.5, 0.6) is 0 Å². The van der Waals surface area contributed by atoms with Crippen LogP contribution in [-0.2, 0) is 22.6 Å². The van der Waals surface area contributed by atoms with E-state index in [0.29, 0.717) is 17.3 Å².